The van der Waals surface area contributed by atoms with Crippen molar-refractivity contribution in [1.29, 1.82) is 0 Å². The van der Waals surface area contributed by atoms with Crippen LogP contribution < -0.4 is 0 Å². The molecule has 0 saturated heterocycles. The molecule has 1 radical (unpaired) electrons. The maximum absolute atomic E-state index is 10.3. The third-order valence-electron chi connectivity index (χ3n) is 4.73. The molecular weight excluding hydrogens is 467 g/mol. The third kappa shape index (κ3) is 3.50. The molecule has 0 amide bonds. The molecule has 2 aromatic carbocycles. The van der Waals surface area contributed by atoms with Gasteiger partial charge in [-0.25, -0.2) is 0 Å². The van der Waals surface area contributed by atoms with Crippen molar-refractivity contribution in [3.05, 3.63) is 85.3 Å². The molecule has 0 spiro atoms. The number of benzene rings is 2. The minimum absolute atomic E-state index is 0. The molecule has 3 heterocycles. The molecule has 0 aliphatic carbocycles. The molecular formula is C23H15CsN3O. The molecule has 0 atom stereocenters. The molecule has 129 valence electrons. The number of rotatable bonds is 2. The monoisotopic (exact) mass is 482 g/mol. The molecule has 3 aromatic heterocycles. The van der Waals surface area contributed by atoms with Gasteiger partial charge in [0.25, 0.3) is 0 Å². The quantitative estimate of drug-likeness (QED) is 0.366. The minimum Gasteiger partial charge on any atom is -0.507 e. The van der Waals surface area contributed by atoms with Crippen molar-refractivity contribution in [2.75, 3.05) is 0 Å². The average molecular weight is 482 g/mol. The second-order valence-corrected chi connectivity index (χ2v) is 6.34. The first kappa shape index (κ1) is 19.6. The molecule has 0 aliphatic heterocycles. The molecule has 0 fully saturated rings. The fraction of sp³-hybridized carbons (Fsp3) is 0. The smallest absolute Gasteiger partial charge is 0.125 e. The molecule has 0 bridgehead atoms. The van der Waals surface area contributed by atoms with E-state index in [0.717, 1.165) is 38.6 Å². The van der Waals surface area contributed by atoms with Gasteiger partial charge in [-0.2, -0.15) is 0 Å². The van der Waals surface area contributed by atoms with Crippen molar-refractivity contribution in [3.8, 4) is 28.1 Å². The van der Waals surface area contributed by atoms with Crippen LogP contribution in [-0.2, 0) is 0 Å². The Balaban J connectivity index is 0.00000192. The zero-order valence-electron chi connectivity index (χ0n) is 15.4. The van der Waals surface area contributed by atoms with Gasteiger partial charge in [-0.15, -0.1) is 0 Å². The fourth-order valence-electron chi connectivity index (χ4n) is 3.44. The van der Waals surface area contributed by atoms with E-state index in [-0.39, 0.29) is 74.6 Å². The van der Waals surface area contributed by atoms with E-state index >= 15 is 0 Å². The van der Waals surface area contributed by atoms with Gasteiger partial charge in [-0.1, -0.05) is 30.3 Å². The number of aromatic hydroxyl groups is 1. The first-order chi connectivity index (χ1) is 13.3. The van der Waals surface area contributed by atoms with Gasteiger partial charge in [0.15, 0.2) is 0 Å². The number of nitrogens with zero attached hydrogens (tertiary/aromatic N) is 3. The summed E-state index contributed by atoms with van der Waals surface area (Å²) < 4.78 is 0. The largest absolute Gasteiger partial charge is 0.507 e. The number of hydrogen-bond donors (Lipinski definition) is 1. The van der Waals surface area contributed by atoms with Gasteiger partial charge < -0.3 is 5.11 Å². The van der Waals surface area contributed by atoms with Gasteiger partial charge in [0, 0.05) is 104 Å². The van der Waals surface area contributed by atoms with Crippen LogP contribution in [0.2, 0.25) is 0 Å². The maximum Gasteiger partial charge on any atom is 0.125 e. The van der Waals surface area contributed by atoms with Crippen LogP contribution >= 0.6 is 0 Å². The van der Waals surface area contributed by atoms with E-state index in [9.17, 15) is 5.11 Å². The topological polar surface area (TPSA) is 58.9 Å². The summed E-state index contributed by atoms with van der Waals surface area (Å²) in [7, 11) is 0. The predicted octanol–water partition coefficient (Wildman–Crippen LogP) is 4.84. The molecule has 5 heteroatoms. The van der Waals surface area contributed by atoms with Gasteiger partial charge in [-0.3, -0.25) is 15.0 Å². The Morgan fingerprint density at radius 1 is 0.643 bits per heavy atom. The number of aromatic nitrogens is 3. The summed E-state index contributed by atoms with van der Waals surface area (Å²) in [5.74, 6) is 0.211. The Kier molecular flexibility index (Phi) is 5.82. The Labute approximate surface area is 221 Å². The normalized spacial score (nSPS) is 10.7. The van der Waals surface area contributed by atoms with Gasteiger partial charge in [0.1, 0.15) is 5.75 Å². The van der Waals surface area contributed by atoms with Crippen LogP contribution in [0.1, 0.15) is 0 Å². The SMILES string of the molecule is Oc1ccc(-c2ccnc3c2ccc2cccnc23)cc1-c1ccccn1.[Cs]. The van der Waals surface area contributed by atoms with E-state index in [1.165, 1.54) is 0 Å². The minimum atomic E-state index is 0. The van der Waals surface area contributed by atoms with Crippen LogP contribution in [0, 0.1) is 0 Å². The van der Waals surface area contributed by atoms with Gasteiger partial charge in [0.2, 0.25) is 0 Å². The van der Waals surface area contributed by atoms with Gasteiger partial charge in [0.05, 0.1) is 16.7 Å². The second-order valence-electron chi connectivity index (χ2n) is 6.34. The van der Waals surface area contributed by atoms with Crippen molar-refractivity contribution in [2.24, 2.45) is 0 Å². The molecule has 28 heavy (non-hydrogen) atoms. The molecule has 5 rings (SSSR count). The van der Waals surface area contributed by atoms with Crippen molar-refractivity contribution >= 4 is 90.7 Å². The number of pyridine rings is 3. The molecule has 4 nitrogen and oxygen atoms in total. The van der Waals surface area contributed by atoms with Crippen LogP contribution in [0.25, 0.3) is 44.2 Å². The molecule has 0 unspecified atom stereocenters. The summed E-state index contributed by atoms with van der Waals surface area (Å²) in [4.78, 5) is 13.4. The second kappa shape index (κ2) is 8.33. The number of hydrogen-bond acceptors (Lipinski definition) is 4. The van der Waals surface area contributed by atoms with Crippen molar-refractivity contribution in [2.45, 2.75) is 0 Å². The third-order valence-corrected chi connectivity index (χ3v) is 4.73. The van der Waals surface area contributed by atoms with E-state index < -0.39 is 0 Å². The first-order valence-electron chi connectivity index (χ1n) is 8.68. The number of fused-ring (bicyclic) bond motifs is 3. The standard InChI is InChI=1S/C23H15N3O.Cs/c27-21-9-7-16(14-19(21)20-5-1-2-11-24-20)17-10-13-26-23-18(17)8-6-15-4-3-12-25-22(15)23;/h1-14,27H;. The van der Waals surface area contributed by atoms with E-state index in [1.807, 2.05) is 48.5 Å². The average Bonchev–Trinajstić information content (AvgIpc) is 2.74. The van der Waals surface area contributed by atoms with Crippen LogP contribution in [0.3, 0.4) is 0 Å². The van der Waals surface area contributed by atoms with Crippen LogP contribution in [-0.4, -0.2) is 89.0 Å². The Bertz CT molecular complexity index is 1290. The van der Waals surface area contributed by atoms with E-state index in [4.69, 9.17) is 0 Å². The molecule has 5 aromatic rings. The van der Waals surface area contributed by atoms with Gasteiger partial charge in [-0.05, 0) is 47.5 Å². The van der Waals surface area contributed by atoms with Crippen molar-refractivity contribution in [3.63, 3.8) is 0 Å². The fourth-order valence-corrected chi connectivity index (χ4v) is 3.44. The summed E-state index contributed by atoms with van der Waals surface area (Å²) >= 11 is 0. The van der Waals surface area contributed by atoms with Crippen molar-refractivity contribution < 1.29 is 5.11 Å². The zero-order valence-corrected chi connectivity index (χ0v) is 21.7. The number of phenols is 1. The van der Waals surface area contributed by atoms with Gasteiger partial charge >= 0.3 is 0 Å². The maximum atomic E-state index is 10.3. The summed E-state index contributed by atoms with van der Waals surface area (Å²) in [6.45, 7) is 0. The predicted molar refractivity (Wildman–Crippen MR) is 113 cm³/mol. The Morgan fingerprint density at radius 2 is 1.50 bits per heavy atom. The molecule has 0 saturated carbocycles. The summed E-state index contributed by atoms with van der Waals surface area (Å²) in [5, 5.41) is 12.4. The first-order valence-corrected chi connectivity index (χ1v) is 8.68. The zero-order chi connectivity index (χ0) is 18.2. The van der Waals surface area contributed by atoms with Crippen LogP contribution in [0.4, 0.5) is 0 Å². The number of phenolic OH excluding ortho intramolecular Hbond substituents is 1. The summed E-state index contributed by atoms with van der Waals surface area (Å²) in [5.41, 5.74) is 5.25. The van der Waals surface area contributed by atoms with Crippen molar-refractivity contribution in [1.82, 2.24) is 15.0 Å². The summed E-state index contributed by atoms with van der Waals surface area (Å²) in [6, 6.07) is 21.4. The molecule has 0 aliphatic rings. The van der Waals surface area contributed by atoms with E-state index in [2.05, 4.69) is 27.1 Å². The van der Waals surface area contributed by atoms with E-state index in [0.29, 0.717) is 5.56 Å². The Morgan fingerprint density at radius 3 is 2.36 bits per heavy atom. The van der Waals surface area contributed by atoms with Crippen LogP contribution in [0.15, 0.2) is 85.3 Å². The van der Waals surface area contributed by atoms with E-state index in [1.54, 1.807) is 24.7 Å². The molecule has 1 N–H and O–H groups in total. The Hall–Kier alpha value is -1.74. The van der Waals surface area contributed by atoms with Crippen LogP contribution in [0.5, 0.6) is 5.75 Å². The summed E-state index contributed by atoms with van der Waals surface area (Å²) in [6.07, 6.45) is 5.32.